The molecule has 0 heterocycles. The van der Waals surface area contributed by atoms with Crippen molar-refractivity contribution >= 4 is 26.0 Å². The molecule has 0 unspecified atom stereocenters. The van der Waals surface area contributed by atoms with E-state index in [-0.39, 0.29) is 16.3 Å². The average Bonchev–Trinajstić information content (AvgIpc) is 2.71. The molecule has 0 saturated carbocycles. The molecule has 0 aliphatic carbocycles. The van der Waals surface area contributed by atoms with Gasteiger partial charge >= 0.3 is 0 Å². The Kier molecular flexibility index (Phi) is 7.36. The van der Waals surface area contributed by atoms with Gasteiger partial charge < -0.3 is 10.1 Å². The molecule has 0 saturated heterocycles. The molecule has 0 fully saturated rings. The van der Waals surface area contributed by atoms with E-state index in [2.05, 4.69) is 10.0 Å². The minimum Gasteiger partial charge on any atom is -0.497 e. The summed E-state index contributed by atoms with van der Waals surface area (Å²) in [6, 6.07) is 12.0. The molecule has 29 heavy (non-hydrogen) atoms. The van der Waals surface area contributed by atoms with Crippen molar-refractivity contribution in [2.75, 3.05) is 27.7 Å². The van der Waals surface area contributed by atoms with Crippen LogP contribution in [0.3, 0.4) is 0 Å². The molecule has 0 atom stereocenters. The monoisotopic (exact) mass is 441 g/mol. The number of benzene rings is 2. The van der Waals surface area contributed by atoms with Gasteiger partial charge in [-0.05, 0) is 35.9 Å². The first-order valence-electron chi connectivity index (χ1n) is 8.49. The number of carbonyl (C=O) groups is 1. The lowest BCUT2D eigenvalue weighted by molar-refractivity contribution is -0.120. The summed E-state index contributed by atoms with van der Waals surface area (Å²) in [5.41, 5.74) is 0.396. The van der Waals surface area contributed by atoms with Crippen LogP contribution in [0, 0.1) is 0 Å². The molecule has 2 aromatic rings. The Morgan fingerprint density at radius 2 is 1.62 bits per heavy atom. The zero-order valence-electron chi connectivity index (χ0n) is 16.2. The number of hydrogen-bond donors (Lipinski definition) is 2. The van der Waals surface area contributed by atoms with Crippen LogP contribution in [-0.2, 0) is 31.4 Å². The van der Waals surface area contributed by atoms with Crippen LogP contribution in [0.2, 0.25) is 0 Å². The van der Waals surface area contributed by atoms with Crippen molar-refractivity contribution in [2.24, 2.45) is 0 Å². The van der Waals surface area contributed by atoms with Crippen LogP contribution in [0.25, 0.3) is 0 Å². The maximum Gasteiger partial charge on any atom is 0.242 e. The first kappa shape index (κ1) is 22.8. The summed E-state index contributed by atoms with van der Waals surface area (Å²) < 4.78 is 57.5. The SMILES string of the molecule is COc1ccc(S(=O)(=O)NCC(=O)NCc2ccccc2S(=O)(=O)N(C)C)cc1. The molecule has 0 radical (unpaired) electrons. The van der Waals surface area contributed by atoms with Gasteiger partial charge in [-0.1, -0.05) is 18.2 Å². The van der Waals surface area contributed by atoms with E-state index >= 15 is 0 Å². The van der Waals surface area contributed by atoms with Gasteiger partial charge in [0.15, 0.2) is 0 Å². The quantitative estimate of drug-likeness (QED) is 0.586. The first-order valence-corrected chi connectivity index (χ1v) is 11.4. The van der Waals surface area contributed by atoms with Gasteiger partial charge in [-0.2, -0.15) is 0 Å². The summed E-state index contributed by atoms with van der Waals surface area (Å²) in [4.78, 5) is 12.1. The molecule has 158 valence electrons. The minimum absolute atomic E-state index is 0.00600. The number of amides is 1. The fraction of sp³-hybridized carbons (Fsp3) is 0.278. The second-order valence-electron chi connectivity index (χ2n) is 6.17. The minimum atomic E-state index is -3.87. The maximum atomic E-state index is 12.4. The van der Waals surface area contributed by atoms with E-state index < -0.39 is 32.5 Å². The first-order chi connectivity index (χ1) is 13.6. The smallest absolute Gasteiger partial charge is 0.242 e. The largest absolute Gasteiger partial charge is 0.497 e. The summed E-state index contributed by atoms with van der Waals surface area (Å²) in [6.07, 6.45) is 0. The van der Waals surface area contributed by atoms with Crippen molar-refractivity contribution in [3.8, 4) is 5.75 Å². The molecule has 1 amide bonds. The number of hydrogen-bond acceptors (Lipinski definition) is 6. The summed E-state index contributed by atoms with van der Waals surface area (Å²) in [5.74, 6) is -0.0906. The topological polar surface area (TPSA) is 122 Å². The third kappa shape index (κ3) is 5.76. The van der Waals surface area contributed by atoms with E-state index in [1.165, 1.54) is 51.5 Å². The number of nitrogens with one attached hydrogen (secondary N) is 2. The third-order valence-electron chi connectivity index (χ3n) is 4.00. The molecule has 11 heteroatoms. The van der Waals surface area contributed by atoms with Crippen molar-refractivity contribution in [3.05, 3.63) is 54.1 Å². The van der Waals surface area contributed by atoms with Gasteiger partial charge in [-0.15, -0.1) is 0 Å². The highest BCUT2D eigenvalue weighted by Gasteiger charge is 2.21. The van der Waals surface area contributed by atoms with Crippen molar-refractivity contribution in [1.82, 2.24) is 14.3 Å². The lowest BCUT2D eigenvalue weighted by atomic mass is 10.2. The van der Waals surface area contributed by atoms with Gasteiger partial charge in [0, 0.05) is 20.6 Å². The number of methoxy groups -OCH3 is 1. The Labute approximate surface area is 170 Å². The van der Waals surface area contributed by atoms with E-state index in [1.807, 2.05) is 0 Å². The number of nitrogens with zero attached hydrogens (tertiary/aromatic N) is 1. The molecular weight excluding hydrogens is 418 g/mol. The van der Waals surface area contributed by atoms with Gasteiger partial charge in [0.25, 0.3) is 0 Å². The number of ether oxygens (including phenoxy) is 1. The van der Waals surface area contributed by atoms with Gasteiger partial charge in [0.1, 0.15) is 5.75 Å². The van der Waals surface area contributed by atoms with Gasteiger partial charge in [0.2, 0.25) is 26.0 Å². The van der Waals surface area contributed by atoms with E-state index in [0.29, 0.717) is 11.3 Å². The van der Waals surface area contributed by atoms with Crippen LogP contribution in [0.5, 0.6) is 5.75 Å². The second-order valence-corrected chi connectivity index (χ2v) is 10.1. The summed E-state index contributed by atoms with van der Waals surface area (Å²) in [5, 5.41) is 2.52. The Bertz CT molecular complexity index is 1070. The maximum absolute atomic E-state index is 12.4. The average molecular weight is 442 g/mol. The van der Waals surface area contributed by atoms with Crippen molar-refractivity contribution in [1.29, 1.82) is 0 Å². The summed E-state index contributed by atoms with van der Waals surface area (Å²) in [6.45, 7) is -0.552. The Morgan fingerprint density at radius 3 is 2.21 bits per heavy atom. The van der Waals surface area contributed by atoms with E-state index in [0.717, 1.165) is 4.31 Å². The van der Waals surface area contributed by atoms with Gasteiger partial charge in [0.05, 0.1) is 23.4 Å². The molecular formula is C18H23N3O6S2. The highest BCUT2D eigenvalue weighted by atomic mass is 32.2. The highest BCUT2D eigenvalue weighted by Crippen LogP contribution is 2.18. The lowest BCUT2D eigenvalue weighted by Crippen LogP contribution is -2.37. The Hall–Kier alpha value is -2.47. The lowest BCUT2D eigenvalue weighted by Gasteiger charge is -2.15. The molecule has 2 N–H and O–H groups in total. The van der Waals surface area contributed by atoms with Crippen molar-refractivity contribution in [3.63, 3.8) is 0 Å². The van der Waals surface area contributed by atoms with Crippen molar-refractivity contribution in [2.45, 2.75) is 16.3 Å². The normalized spacial score (nSPS) is 12.0. The van der Waals surface area contributed by atoms with E-state index in [9.17, 15) is 21.6 Å². The Balaban J connectivity index is 2.00. The number of carbonyl (C=O) groups excluding carboxylic acids is 1. The van der Waals surface area contributed by atoms with Gasteiger partial charge in [-0.25, -0.2) is 25.9 Å². The third-order valence-corrected chi connectivity index (χ3v) is 7.33. The molecule has 9 nitrogen and oxygen atoms in total. The van der Waals surface area contributed by atoms with Crippen LogP contribution in [-0.4, -0.2) is 54.8 Å². The second kappa shape index (κ2) is 9.35. The predicted octanol–water partition coefficient (Wildman–Crippen LogP) is 0.540. The fourth-order valence-corrected chi connectivity index (χ4v) is 4.45. The van der Waals surface area contributed by atoms with Gasteiger partial charge in [-0.3, -0.25) is 4.79 Å². The van der Waals surface area contributed by atoms with Crippen LogP contribution < -0.4 is 14.8 Å². The molecule has 0 bridgehead atoms. The van der Waals surface area contributed by atoms with E-state index in [1.54, 1.807) is 18.2 Å². The highest BCUT2D eigenvalue weighted by molar-refractivity contribution is 7.89. The molecule has 0 aliphatic heterocycles. The standard InChI is InChI=1S/C18H23N3O6S2/c1-21(2)29(25,26)17-7-5-4-6-14(17)12-19-18(22)13-20-28(23,24)16-10-8-15(27-3)9-11-16/h4-11,20H,12-13H2,1-3H3,(H,19,22). The van der Waals surface area contributed by atoms with Crippen LogP contribution in [0.4, 0.5) is 0 Å². The van der Waals surface area contributed by atoms with E-state index in [4.69, 9.17) is 4.74 Å². The molecule has 0 aliphatic rings. The Morgan fingerprint density at radius 1 is 1.00 bits per heavy atom. The molecule has 0 aromatic heterocycles. The van der Waals surface area contributed by atoms with Crippen LogP contribution in [0.15, 0.2) is 58.3 Å². The molecule has 2 rings (SSSR count). The van der Waals surface area contributed by atoms with Crippen LogP contribution >= 0.6 is 0 Å². The van der Waals surface area contributed by atoms with Crippen LogP contribution in [0.1, 0.15) is 5.56 Å². The summed E-state index contributed by atoms with van der Waals surface area (Å²) in [7, 11) is -3.25. The number of sulfonamides is 2. The molecule has 0 spiro atoms. The zero-order valence-corrected chi connectivity index (χ0v) is 17.9. The van der Waals surface area contributed by atoms with Crippen molar-refractivity contribution < 1.29 is 26.4 Å². The summed E-state index contributed by atoms with van der Waals surface area (Å²) >= 11 is 0. The number of rotatable bonds is 9. The zero-order chi connectivity index (χ0) is 21.7. The molecule has 2 aromatic carbocycles. The fourth-order valence-electron chi connectivity index (χ4n) is 2.35. The predicted molar refractivity (Wildman–Crippen MR) is 107 cm³/mol.